The maximum absolute atomic E-state index is 4.29. The van der Waals surface area contributed by atoms with Crippen LogP contribution >= 0.6 is 0 Å². The van der Waals surface area contributed by atoms with Gasteiger partial charge in [-0.15, -0.1) is 0 Å². The van der Waals surface area contributed by atoms with E-state index in [1.54, 1.807) is 12.3 Å². The van der Waals surface area contributed by atoms with Crippen LogP contribution in [0.4, 0.5) is 0 Å². The average molecular weight is 320 g/mol. The van der Waals surface area contributed by atoms with Gasteiger partial charge in [0.15, 0.2) is 0 Å². The molecule has 2 aromatic rings. The van der Waals surface area contributed by atoms with Crippen LogP contribution < -0.4 is 0 Å². The summed E-state index contributed by atoms with van der Waals surface area (Å²) in [7, 11) is 0. The van der Waals surface area contributed by atoms with E-state index in [-0.39, 0.29) is 0 Å². The lowest BCUT2D eigenvalue weighted by Crippen LogP contribution is -1.87. The minimum Gasteiger partial charge on any atom is -0.259 e. The summed E-state index contributed by atoms with van der Waals surface area (Å²) >= 11 is 0. The molecular weight excluding hydrogens is 292 g/mol. The van der Waals surface area contributed by atoms with Gasteiger partial charge >= 0.3 is 0 Å². The van der Waals surface area contributed by atoms with Gasteiger partial charge in [0.2, 0.25) is 0 Å². The van der Waals surface area contributed by atoms with Gasteiger partial charge in [0.1, 0.15) is 0 Å². The van der Waals surface area contributed by atoms with Crippen molar-refractivity contribution in [2.45, 2.75) is 41.5 Å². The predicted molar refractivity (Wildman–Crippen MR) is 107 cm³/mol. The van der Waals surface area contributed by atoms with Crippen LogP contribution in [0.1, 0.15) is 40.4 Å². The zero-order valence-electron chi connectivity index (χ0n) is 15.7. The van der Waals surface area contributed by atoms with Gasteiger partial charge in [0.25, 0.3) is 0 Å². The number of hydrogen-bond donors (Lipinski definition) is 0. The van der Waals surface area contributed by atoms with Crippen LogP contribution in [0.25, 0.3) is 5.70 Å². The monoisotopic (exact) mass is 320 g/mol. The van der Waals surface area contributed by atoms with Gasteiger partial charge in [-0.1, -0.05) is 30.9 Å². The fraction of sp³-hybridized carbons (Fsp3) is 0.273. The quantitative estimate of drug-likeness (QED) is 0.508. The van der Waals surface area contributed by atoms with Gasteiger partial charge in [-0.3, -0.25) is 9.98 Å². The van der Waals surface area contributed by atoms with Gasteiger partial charge < -0.3 is 0 Å². The average Bonchev–Trinajstić information content (AvgIpc) is 2.54. The van der Waals surface area contributed by atoms with Crippen LogP contribution in [-0.2, 0) is 0 Å². The highest BCUT2D eigenvalue weighted by Crippen LogP contribution is 2.14. The maximum atomic E-state index is 4.29. The second kappa shape index (κ2) is 9.61. The Labute approximate surface area is 146 Å². The molecular formula is C22H28N2. The first-order valence-corrected chi connectivity index (χ1v) is 8.18. The second-order valence-electron chi connectivity index (χ2n) is 5.92. The molecule has 0 bridgehead atoms. The first kappa shape index (κ1) is 19.6. The minimum atomic E-state index is 0.836. The normalized spacial score (nSPS) is 11.2. The van der Waals surface area contributed by atoms with E-state index in [2.05, 4.69) is 56.4 Å². The Bertz CT molecular complexity index is 685. The van der Waals surface area contributed by atoms with Crippen molar-refractivity contribution in [3.63, 3.8) is 0 Å². The molecule has 126 valence electrons. The Hall–Kier alpha value is -2.48. The standard InChI is InChI=1S/C12H14N2.C10H14/c1-4-6-11(13-5-2)12-8-7-10(3)9-14-12;1-7-5-9(3)10(4)6-8(7)2/h4-9H,1H2,2-3H3;5-6H,1-4H3/b11-6-,13-5?;. The number of allylic oxidation sites excluding steroid dienone is 2. The fourth-order valence-electron chi connectivity index (χ4n) is 2.17. The zero-order valence-corrected chi connectivity index (χ0v) is 15.7. The lowest BCUT2D eigenvalue weighted by molar-refractivity contribution is 1.22. The van der Waals surface area contributed by atoms with Crippen LogP contribution in [0.3, 0.4) is 0 Å². The van der Waals surface area contributed by atoms with Crippen LogP contribution in [0.15, 0.2) is 54.2 Å². The third-order valence-electron chi connectivity index (χ3n) is 3.83. The number of aliphatic imine (C=N–C) groups is 1. The highest BCUT2D eigenvalue weighted by molar-refractivity contribution is 5.71. The van der Waals surface area contributed by atoms with Gasteiger partial charge in [0.05, 0.1) is 11.4 Å². The number of hydrogen-bond acceptors (Lipinski definition) is 2. The predicted octanol–water partition coefficient (Wildman–Crippen LogP) is 5.93. The highest BCUT2D eigenvalue weighted by atomic mass is 14.8. The van der Waals surface area contributed by atoms with Crippen molar-refractivity contribution in [3.8, 4) is 0 Å². The smallest absolute Gasteiger partial charge is 0.0886 e. The summed E-state index contributed by atoms with van der Waals surface area (Å²) in [5, 5.41) is 0. The third kappa shape index (κ3) is 5.96. The Morgan fingerprint density at radius 1 is 0.958 bits per heavy atom. The SMILES string of the molecule is C=C/C=C(\N=CC)c1ccc(C)cn1.Cc1cc(C)c(C)cc1C. The molecule has 2 nitrogen and oxygen atoms in total. The molecule has 0 spiro atoms. The molecule has 24 heavy (non-hydrogen) atoms. The van der Waals surface area contributed by atoms with E-state index in [9.17, 15) is 0 Å². The van der Waals surface area contributed by atoms with Gasteiger partial charge in [-0.05, 0) is 81.5 Å². The van der Waals surface area contributed by atoms with Crippen molar-refractivity contribution in [3.05, 3.63) is 82.7 Å². The van der Waals surface area contributed by atoms with Gasteiger partial charge in [-0.25, -0.2) is 0 Å². The number of nitrogens with zero attached hydrogens (tertiary/aromatic N) is 2. The summed E-state index contributed by atoms with van der Waals surface area (Å²) in [6.45, 7) is 16.2. The lowest BCUT2D eigenvalue weighted by Gasteiger charge is -2.04. The molecule has 0 N–H and O–H groups in total. The topological polar surface area (TPSA) is 25.2 Å². The molecule has 1 heterocycles. The number of benzene rings is 1. The largest absolute Gasteiger partial charge is 0.259 e. The first-order valence-electron chi connectivity index (χ1n) is 8.18. The first-order chi connectivity index (χ1) is 11.4. The Morgan fingerprint density at radius 2 is 1.50 bits per heavy atom. The summed E-state index contributed by atoms with van der Waals surface area (Å²) in [6, 6.07) is 8.46. The van der Waals surface area contributed by atoms with Crippen molar-refractivity contribution in [1.82, 2.24) is 4.98 Å². The molecule has 0 saturated carbocycles. The lowest BCUT2D eigenvalue weighted by atomic mass is 10.0. The summed E-state index contributed by atoms with van der Waals surface area (Å²) in [5.41, 5.74) is 8.42. The van der Waals surface area contributed by atoms with Crippen molar-refractivity contribution in [2.75, 3.05) is 0 Å². The summed E-state index contributed by atoms with van der Waals surface area (Å²) in [6.07, 6.45) is 7.13. The Morgan fingerprint density at radius 3 is 1.88 bits per heavy atom. The van der Waals surface area contributed by atoms with E-state index in [0.717, 1.165) is 17.0 Å². The molecule has 0 aliphatic heterocycles. The Kier molecular flexibility index (Phi) is 7.84. The zero-order chi connectivity index (χ0) is 18.1. The van der Waals surface area contributed by atoms with Crippen LogP contribution in [-0.4, -0.2) is 11.2 Å². The molecule has 0 atom stereocenters. The number of rotatable bonds is 3. The van der Waals surface area contributed by atoms with Crippen LogP contribution in [0, 0.1) is 34.6 Å². The van der Waals surface area contributed by atoms with Crippen LogP contribution in [0.5, 0.6) is 0 Å². The molecule has 0 unspecified atom stereocenters. The molecule has 2 heteroatoms. The molecule has 2 rings (SSSR count). The molecule has 0 amide bonds. The minimum absolute atomic E-state index is 0.836. The van der Waals surface area contributed by atoms with E-state index >= 15 is 0 Å². The summed E-state index contributed by atoms with van der Waals surface area (Å²) in [5.74, 6) is 0. The third-order valence-corrected chi connectivity index (χ3v) is 3.83. The Balaban J connectivity index is 0.000000254. The number of pyridine rings is 1. The van der Waals surface area contributed by atoms with E-state index in [1.807, 2.05) is 38.3 Å². The molecule has 0 radical (unpaired) electrons. The molecule has 0 aliphatic carbocycles. The molecule has 0 fully saturated rings. The second-order valence-corrected chi connectivity index (χ2v) is 5.92. The molecule has 0 aliphatic rings. The number of aryl methyl sites for hydroxylation is 5. The van der Waals surface area contributed by atoms with E-state index in [0.29, 0.717) is 0 Å². The fourth-order valence-corrected chi connectivity index (χ4v) is 2.17. The van der Waals surface area contributed by atoms with Gasteiger partial charge in [0, 0.05) is 12.4 Å². The van der Waals surface area contributed by atoms with Crippen molar-refractivity contribution in [2.24, 2.45) is 4.99 Å². The van der Waals surface area contributed by atoms with E-state index in [1.165, 1.54) is 22.3 Å². The molecule has 1 aromatic carbocycles. The highest BCUT2D eigenvalue weighted by Gasteiger charge is 1.98. The number of aromatic nitrogens is 1. The summed E-state index contributed by atoms with van der Waals surface area (Å²) in [4.78, 5) is 8.50. The van der Waals surface area contributed by atoms with Gasteiger partial charge in [-0.2, -0.15) is 0 Å². The summed E-state index contributed by atoms with van der Waals surface area (Å²) < 4.78 is 0. The van der Waals surface area contributed by atoms with E-state index < -0.39 is 0 Å². The van der Waals surface area contributed by atoms with Crippen molar-refractivity contribution < 1.29 is 0 Å². The van der Waals surface area contributed by atoms with Crippen LogP contribution in [0.2, 0.25) is 0 Å². The molecule has 0 saturated heterocycles. The van der Waals surface area contributed by atoms with Crippen molar-refractivity contribution in [1.29, 1.82) is 0 Å². The maximum Gasteiger partial charge on any atom is 0.0886 e. The van der Waals surface area contributed by atoms with Crippen molar-refractivity contribution >= 4 is 11.9 Å². The molecule has 1 aromatic heterocycles. The van der Waals surface area contributed by atoms with E-state index in [4.69, 9.17) is 0 Å².